The first-order valence-electron chi connectivity index (χ1n) is 17.8. The molecule has 51 heavy (non-hydrogen) atoms. The number of benzene rings is 1. The molecule has 0 amide bonds. The van der Waals surface area contributed by atoms with E-state index in [4.69, 9.17) is 24.0 Å². The molecule has 4 heterocycles. The van der Waals surface area contributed by atoms with Gasteiger partial charge in [0.05, 0.1) is 49.8 Å². The third-order valence-corrected chi connectivity index (χ3v) is 9.41. The van der Waals surface area contributed by atoms with Crippen molar-refractivity contribution in [2.45, 2.75) is 97.2 Å². The lowest BCUT2D eigenvalue weighted by atomic mass is 9.89. The maximum absolute atomic E-state index is 9.71. The van der Waals surface area contributed by atoms with E-state index in [0.717, 1.165) is 49.9 Å². The summed E-state index contributed by atoms with van der Waals surface area (Å²) in [5, 5.41) is 22.2. The van der Waals surface area contributed by atoms with Gasteiger partial charge in [0.1, 0.15) is 36.3 Å². The number of methoxy groups -OCH3 is 1. The monoisotopic (exact) mass is 698 g/mol. The molecule has 14 nitrogen and oxygen atoms in total. The normalized spacial score (nSPS) is 21.9. The maximum Gasteiger partial charge on any atom is 0.256 e. The van der Waals surface area contributed by atoms with E-state index in [1.54, 1.807) is 36.6 Å². The van der Waals surface area contributed by atoms with Gasteiger partial charge in [0.2, 0.25) is 5.95 Å². The lowest BCUT2D eigenvalue weighted by Gasteiger charge is -2.42. The van der Waals surface area contributed by atoms with Crippen LogP contribution in [0.15, 0.2) is 49.4 Å². The van der Waals surface area contributed by atoms with Crippen molar-refractivity contribution in [2.75, 3.05) is 38.7 Å². The topological polar surface area (TPSA) is 150 Å². The second kappa shape index (κ2) is 16.2. The molecule has 2 fully saturated rings. The Morgan fingerprint density at radius 3 is 2.43 bits per heavy atom. The van der Waals surface area contributed by atoms with E-state index in [2.05, 4.69) is 68.7 Å². The molecule has 0 spiro atoms. The molecule has 3 atom stereocenters. The van der Waals surface area contributed by atoms with Crippen LogP contribution in [0.2, 0.25) is 0 Å². The average Bonchev–Trinajstić information content (AvgIpc) is 3.77. The van der Waals surface area contributed by atoms with Gasteiger partial charge in [-0.05, 0) is 64.2 Å². The third kappa shape index (κ3) is 9.40. The van der Waals surface area contributed by atoms with Crippen LogP contribution in [0.4, 0.5) is 11.6 Å². The van der Waals surface area contributed by atoms with Crippen molar-refractivity contribution < 1.29 is 18.9 Å². The van der Waals surface area contributed by atoms with Crippen LogP contribution in [0, 0.1) is 16.7 Å². The molecule has 272 valence electrons. The van der Waals surface area contributed by atoms with Crippen molar-refractivity contribution in [1.82, 2.24) is 39.4 Å². The predicted octanol–water partition coefficient (Wildman–Crippen LogP) is 5.66. The lowest BCUT2D eigenvalue weighted by Crippen LogP contribution is -2.51. The number of nitrogens with zero attached hydrogens (tertiary/aromatic N) is 9. The molecule has 0 bridgehead atoms. The maximum atomic E-state index is 9.71. The van der Waals surface area contributed by atoms with E-state index in [9.17, 15) is 5.26 Å². The summed E-state index contributed by atoms with van der Waals surface area (Å²) in [5.41, 5.74) is 2.58. The largest absolute Gasteiger partial charge is 0.487 e. The van der Waals surface area contributed by atoms with Gasteiger partial charge >= 0.3 is 0 Å². The van der Waals surface area contributed by atoms with E-state index < -0.39 is 0 Å². The van der Waals surface area contributed by atoms with Crippen molar-refractivity contribution in [2.24, 2.45) is 5.41 Å². The van der Waals surface area contributed by atoms with Crippen molar-refractivity contribution in [1.29, 1.82) is 5.26 Å². The smallest absolute Gasteiger partial charge is 0.256 e. The number of rotatable bonds is 14. The number of hydrogen-bond donors (Lipinski definition) is 1. The first kappa shape index (κ1) is 36.2. The SMILES string of the molecule is COCC(C)(C)COc1nn([C@H]2CC[C@H](N3C[C@@H](C)O[C@@H](C)C3)CC2)cc1Nc1ncc(-c2ccc(C#N)c(O[C@@H](C)Cn3cncn3)c2)cn1. The van der Waals surface area contributed by atoms with Gasteiger partial charge < -0.3 is 24.3 Å². The lowest BCUT2D eigenvalue weighted by molar-refractivity contribution is -0.0852. The van der Waals surface area contributed by atoms with Crippen molar-refractivity contribution in [3.05, 3.63) is 55.0 Å². The number of aromatic nitrogens is 7. The average molecular weight is 699 g/mol. The van der Waals surface area contributed by atoms with E-state index >= 15 is 0 Å². The van der Waals surface area contributed by atoms with E-state index in [1.807, 2.05) is 25.3 Å². The zero-order chi connectivity index (χ0) is 36.0. The van der Waals surface area contributed by atoms with E-state index in [-0.39, 0.29) is 29.8 Å². The van der Waals surface area contributed by atoms with Crippen molar-refractivity contribution in [3.8, 4) is 28.8 Å². The van der Waals surface area contributed by atoms with Gasteiger partial charge in [-0.2, -0.15) is 10.4 Å². The highest BCUT2D eigenvalue weighted by molar-refractivity contribution is 5.67. The molecular weight excluding hydrogens is 648 g/mol. The molecule has 0 unspecified atom stereocenters. The summed E-state index contributed by atoms with van der Waals surface area (Å²) in [6.07, 6.45) is 13.3. The fraction of sp³-hybridized carbons (Fsp3) is 0.568. The van der Waals surface area contributed by atoms with E-state index in [1.165, 1.54) is 6.33 Å². The van der Waals surface area contributed by atoms with Gasteiger partial charge in [-0.15, -0.1) is 5.10 Å². The van der Waals surface area contributed by atoms with Gasteiger partial charge in [0.25, 0.3) is 5.88 Å². The second-order valence-electron chi connectivity index (χ2n) is 14.7. The molecule has 0 radical (unpaired) electrons. The molecule has 14 heteroatoms. The predicted molar refractivity (Wildman–Crippen MR) is 192 cm³/mol. The Hall–Kier alpha value is -4.58. The summed E-state index contributed by atoms with van der Waals surface area (Å²) < 4.78 is 27.6. The van der Waals surface area contributed by atoms with E-state index in [0.29, 0.717) is 54.6 Å². The van der Waals surface area contributed by atoms with Crippen LogP contribution < -0.4 is 14.8 Å². The fourth-order valence-electron chi connectivity index (χ4n) is 7.05. The Morgan fingerprint density at radius 1 is 1.04 bits per heavy atom. The first-order valence-corrected chi connectivity index (χ1v) is 17.8. The highest BCUT2D eigenvalue weighted by Crippen LogP contribution is 2.36. The zero-order valence-corrected chi connectivity index (χ0v) is 30.5. The number of nitriles is 1. The molecule has 4 aromatic rings. The highest BCUT2D eigenvalue weighted by Gasteiger charge is 2.32. The number of hydrogen-bond acceptors (Lipinski definition) is 12. The molecule has 1 saturated carbocycles. The Balaban J connectivity index is 1.15. The molecule has 1 aromatic carbocycles. The summed E-state index contributed by atoms with van der Waals surface area (Å²) in [4.78, 5) is 15.9. The van der Waals surface area contributed by atoms with Crippen LogP contribution >= 0.6 is 0 Å². The molecule has 2 aliphatic rings. The van der Waals surface area contributed by atoms with Gasteiger partial charge in [-0.1, -0.05) is 19.9 Å². The number of morpholine rings is 1. The summed E-state index contributed by atoms with van der Waals surface area (Å²) >= 11 is 0. The van der Waals surface area contributed by atoms with Gasteiger partial charge in [-0.25, -0.2) is 19.6 Å². The summed E-state index contributed by atoms with van der Waals surface area (Å²) in [7, 11) is 1.70. The third-order valence-electron chi connectivity index (χ3n) is 9.41. The summed E-state index contributed by atoms with van der Waals surface area (Å²) in [6.45, 7) is 14.0. The number of nitrogens with one attached hydrogen (secondary N) is 1. The molecule has 3 aromatic heterocycles. The van der Waals surface area contributed by atoms with Crippen LogP contribution in [0.3, 0.4) is 0 Å². The quantitative estimate of drug-likeness (QED) is 0.173. The van der Waals surface area contributed by atoms with Crippen LogP contribution in [-0.4, -0.2) is 97.2 Å². The summed E-state index contributed by atoms with van der Waals surface area (Å²) in [5.74, 6) is 1.42. The highest BCUT2D eigenvalue weighted by atomic mass is 16.5. The molecule has 1 N–H and O–H groups in total. The van der Waals surface area contributed by atoms with Gasteiger partial charge in [0.15, 0.2) is 0 Å². The van der Waals surface area contributed by atoms with Crippen molar-refractivity contribution in [3.63, 3.8) is 0 Å². The minimum Gasteiger partial charge on any atom is -0.487 e. The van der Waals surface area contributed by atoms with Crippen LogP contribution in [0.25, 0.3) is 11.1 Å². The molecule has 1 aliphatic carbocycles. The van der Waals surface area contributed by atoms with Crippen LogP contribution in [0.1, 0.15) is 71.9 Å². The van der Waals surface area contributed by atoms with Gasteiger partial charge in [-0.3, -0.25) is 9.58 Å². The number of anilines is 2. The van der Waals surface area contributed by atoms with Crippen LogP contribution in [-0.2, 0) is 16.0 Å². The minimum atomic E-state index is -0.235. The van der Waals surface area contributed by atoms with Gasteiger partial charge in [0, 0.05) is 49.6 Å². The number of ether oxygens (including phenoxy) is 4. The Bertz CT molecular complexity index is 1740. The molecule has 1 saturated heterocycles. The minimum absolute atomic E-state index is 0.198. The zero-order valence-electron chi connectivity index (χ0n) is 30.5. The Morgan fingerprint density at radius 2 is 1.76 bits per heavy atom. The fourth-order valence-corrected chi connectivity index (χ4v) is 7.05. The second-order valence-corrected chi connectivity index (χ2v) is 14.7. The standard InChI is InChI=1S/C37H50N10O4/c1-25-17-45(18-26(2)50-25)31-9-11-32(12-10-31)47-20-33(35(44-47)49-22-37(4,5)21-48-6)43-36-40-15-30(16-41-36)28-7-8-29(14-38)34(13-28)51-27(3)19-46-24-39-23-42-46/h7-8,13,15-16,20,23-27,31-32H,9-12,17-19,21-22H2,1-6H3,(H,40,41,43)/t25-,26+,27-,31-,32-/m0/s1. The van der Waals surface area contributed by atoms with Crippen LogP contribution in [0.5, 0.6) is 11.6 Å². The first-order chi connectivity index (χ1) is 24.6. The molecule has 1 aliphatic heterocycles. The Kier molecular flexibility index (Phi) is 11.5. The molecular formula is C37H50N10O4. The summed E-state index contributed by atoms with van der Waals surface area (Å²) in [6, 6.07) is 8.52. The molecule has 6 rings (SSSR count). The van der Waals surface area contributed by atoms with Crippen molar-refractivity contribution >= 4 is 11.6 Å². The Labute approximate surface area is 300 Å².